The number of aliphatic carboxylic acids is 1. The van der Waals surface area contributed by atoms with Crippen LogP contribution in [-0.4, -0.2) is 49.6 Å². The van der Waals surface area contributed by atoms with Crippen molar-refractivity contribution in [2.75, 3.05) is 19.7 Å². The number of ether oxygens (including phenoxy) is 1. The molecule has 9 heteroatoms. The first-order valence-corrected chi connectivity index (χ1v) is 6.04. The second-order valence-electron chi connectivity index (χ2n) is 2.80. The van der Waals surface area contributed by atoms with E-state index in [1.807, 2.05) is 0 Å². The Morgan fingerprint density at radius 2 is 2.12 bits per heavy atom. The smallest absolute Gasteiger partial charge is 0.421 e. The maximum absolute atomic E-state index is 11.5. The quantitative estimate of drug-likeness (QED) is 0.603. The fraction of sp³-hybridized carbons (Fsp3) is 0.500. The third-order valence-corrected chi connectivity index (χ3v) is 2.85. The summed E-state index contributed by atoms with van der Waals surface area (Å²) in [4.78, 5) is 21.4. The Bertz CT molecular complexity index is 391. The number of nitrogens with zero attached hydrogens (tertiary/aromatic N) is 1. The number of carbonyl (C=O) groups excluding carboxylic acids is 1. The summed E-state index contributed by atoms with van der Waals surface area (Å²) in [5.74, 6) is -1.35. The average molecular weight is 266 g/mol. The molecule has 2 N–H and O–H groups in total. The molecule has 0 aliphatic rings. The van der Waals surface area contributed by atoms with E-state index in [1.54, 1.807) is 4.72 Å². The molecule has 1 amide bonds. The molecule has 8 nitrogen and oxygen atoms in total. The molecule has 17 heavy (non-hydrogen) atoms. The van der Waals surface area contributed by atoms with E-state index in [1.165, 1.54) is 13.0 Å². The van der Waals surface area contributed by atoms with Gasteiger partial charge in [0.15, 0.2) is 0 Å². The Balaban J connectivity index is 4.76. The zero-order valence-electron chi connectivity index (χ0n) is 9.25. The molecule has 0 bridgehead atoms. The molecule has 0 aromatic heterocycles. The first-order chi connectivity index (χ1) is 7.83. The lowest BCUT2D eigenvalue weighted by Crippen LogP contribution is -2.45. The SMILES string of the molecule is C=CCN(CC(=O)O)S(=O)(=O)NC(=O)OCC. The summed E-state index contributed by atoms with van der Waals surface area (Å²) in [6.45, 7) is 3.79. The maximum Gasteiger partial charge on any atom is 0.421 e. The lowest BCUT2D eigenvalue weighted by molar-refractivity contribution is -0.137. The molecule has 0 heterocycles. The monoisotopic (exact) mass is 266 g/mol. The summed E-state index contributed by atoms with van der Waals surface area (Å²) in [7, 11) is -4.24. The second-order valence-corrected chi connectivity index (χ2v) is 4.47. The molecule has 0 radical (unpaired) electrons. The van der Waals surface area contributed by atoms with Crippen molar-refractivity contribution in [2.24, 2.45) is 0 Å². The van der Waals surface area contributed by atoms with E-state index >= 15 is 0 Å². The minimum Gasteiger partial charge on any atom is -0.480 e. The molecule has 0 aliphatic heterocycles. The van der Waals surface area contributed by atoms with Gasteiger partial charge in [-0.15, -0.1) is 6.58 Å². The summed E-state index contributed by atoms with van der Waals surface area (Å²) >= 11 is 0. The zero-order chi connectivity index (χ0) is 13.5. The Morgan fingerprint density at radius 1 is 1.53 bits per heavy atom. The van der Waals surface area contributed by atoms with Crippen LogP contribution in [0.15, 0.2) is 12.7 Å². The van der Waals surface area contributed by atoms with Crippen LogP contribution in [0.2, 0.25) is 0 Å². The highest BCUT2D eigenvalue weighted by atomic mass is 32.2. The number of nitrogens with one attached hydrogen (secondary N) is 1. The van der Waals surface area contributed by atoms with Crippen molar-refractivity contribution >= 4 is 22.3 Å². The van der Waals surface area contributed by atoms with E-state index in [0.29, 0.717) is 4.31 Å². The van der Waals surface area contributed by atoms with E-state index < -0.39 is 28.8 Å². The first kappa shape index (κ1) is 15.4. The minimum absolute atomic E-state index is 0.00173. The minimum atomic E-state index is -4.24. The van der Waals surface area contributed by atoms with Gasteiger partial charge in [-0.2, -0.15) is 12.7 Å². The summed E-state index contributed by atoms with van der Waals surface area (Å²) in [5, 5.41) is 8.53. The molecule has 0 aliphatic carbocycles. The average Bonchev–Trinajstić information content (AvgIpc) is 2.15. The van der Waals surface area contributed by atoms with Crippen molar-refractivity contribution in [1.82, 2.24) is 9.03 Å². The number of carbonyl (C=O) groups is 2. The van der Waals surface area contributed by atoms with Crippen LogP contribution in [0.5, 0.6) is 0 Å². The number of carboxylic acid groups (broad SMARTS) is 1. The molecule has 98 valence electrons. The molecule has 0 spiro atoms. The van der Waals surface area contributed by atoms with Gasteiger partial charge in [0.05, 0.1) is 6.61 Å². The Labute approximate surface area is 99.0 Å². The molecular weight excluding hydrogens is 252 g/mol. The van der Waals surface area contributed by atoms with Gasteiger partial charge >= 0.3 is 22.3 Å². The molecule has 0 unspecified atom stereocenters. The van der Waals surface area contributed by atoms with Gasteiger partial charge in [-0.25, -0.2) is 9.52 Å². The highest BCUT2D eigenvalue weighted by Crippen LogP contribution is 1.98. The second kappa shape index (κ2) is 6.86. The van der Waals surface area contributed by atoms with Gasteiger partial charge in [0.25, 0.3) is 0 Å². The van der Waals surface area contributed by atoms with E-state index in [4.69, 9.17) is 5.11 Å². The van der Waals surface area contributed by atoms with Gasteiger partial charge < -0.3 is 9.84 Å². The van der Waals surface area contributed by atoms with Crippen LogP contribution in [0.25, 0.3) is 0 Å². The van der Waals surface area contributed by atoms with Crippen molar-refractivity contribution in [1.29, 1.82) is 0 Å². The van der Waals surface area contributed by atoms with E-state index in [9.17, 15) is 18.0 Å². The number of amides is 1. The Kier molecular flexibility index (Phi) is 6.21. The zero-order valence-corrected chi connectivity index (χ0v) is 10.1. The van der Waals surface area contributed by atoms with Crippen LogP contribution in [0.1, 0.15) is 6.92 Å². The van der Waals surface area contributed by atoms with Crippen LogP contribution in [-0.2, 0) is 19.7 Å². The van der Waals surface area contributed by atoms with Gasteiger partial charge in [0.1, 0.15) is 6.54 Å². The lowest BCUT2D eigenvalue weighted by Gasteiger charge is -2.18. The third kappa shape index (κ3) is 5.88. The Morgan fingerprint density at radius 3 is 2.53 bits per heavy atom. The molecule has 0 rings (SSSR count). The van der Waals surface area contributed by atoms with Gasteiger partial charge in [-0.1, -0.05) is 6.08 Å². The normalized spacial score (nSPS) is 10.9. The van der Waals surface area contributed by atoms with Gasteiger partial charge in [0, 0.05) is 6.54 Å². The molecule has 0 fully saturated rings. The maximum atomic E-state index is 11.5. The van der Waals surface area contributed by atoms with Crippen molar-refractivity contribution in [2.45, 2.75) is 6.92 Å². The van der Waals surface area contributed by atoms with Crippen LogP contribution in [0.3, 0.4) is 0 Å². The number of carboxylic acids is 1. The predicted molar refractivity (Wildman–Crippen MR) is 58.5 cm³/mol. The van der Waals surface area contributed by atoms with E-state index in [0.717, 1.165) is 0 Å². The van der Waals surface area contributed by atoms with Gasteiger partial charge in [-0.3, -0.25) is 4.79 Å². The Hall–Kier alpha value is -1.61. The van der Waals surface area contributed by atoms with Crippen molar-refractivity contribution < 1.29 is 27.9 Å². The van der Waals surface area contributed by atoms with Crippen molar-refractivity contribution in [3.63, 3.8) is 0 Å². The molecule has 0 saturated heterocycles. The fourth-order valence-electron chi connectivity index (χ4n) is 0.873. The molecule has 0 atom stereocenters. The van der Waals surface area contributed by atoms with Crippen molar-refractivity contribution in [3.8, 4) is 0 Å². The standard InChI is InChI=1S/C8H14N2O6S/c1-3-5-10(6-7(11)12)17(14,15)9-8(13)16-4-2/h3H,1,4-6H2,2H3,(H,9,13)(H,11,12). The summed E-state index contributed by atoms with van der Waals surface area (Å²) in [6, 6.07) is 0. The van der Waals surface area contributed by atoms with Crippen LogP contribution in [0.4, 0.5) is 4.79 Å². The number of hydrogen-bond donors (Lipinski definition) is 2. The third-order valence-electron chi connectivity index (χ3n) is 1.47. The molecular formula is C8H14N2O6S. The topological polar surface area (TPSA) is 113 Å². The summed E-state index contributed by atoms with van der Waals surface area (Å²) < 4.78 is 29.6. The van der Waals surface area contributed by atoms with Crippen LogP contribution < -0.4 is 4.72 Å². The number of hydrogen-bond acceptors (Lipinski definition) is 5. The lowest BCUT2D eigenvalue weighted by atomic mass is 10.6. The van der Waals surface area contributed by atoms with Crippen LogP contribution >= 0.6 is 0 Å². The van der Waals surface area contributed by atoms with Gasteiger partial charge in [-0.05, 0) is 6.92 Å². The highest BCUT2D eigenvalue weighted by Gasteiger charge is 2.25. The molecule has 0 saturated carbocycles. The first-order valence-electron chi connectivity index (χ1n) is 4.60. The van der Waals surface area contributed by atoms with E-state index in [2.05, 4.69) is 11.3 Å². The summed E-state index contributed by atoms with van der Waals surface area (Å²) in [5.41, 5.74) is 0. The van der Waals surface area contributed by atoms with Crippen LogP contribution in [0, 0.1) is 0 Å². The fourth-order valence-corrected chi connectivity index (χ4v) is 1.85. The molecule has 0 aromatic rings. The van der Waals surface area contributed by atoms with E-state index in [-0.39, 0.29) is 13.2 Å². The largest absolute Gasteiger partial charge is 0.480 e. The highest BCUT2D eigenvalue weighted by molar-refractivity contribution is 7.87. The predicted octanol–water partition coefficient (Wildman–Crippen LogP) is -0.450. The van der Waals surface area contributed by atoms with Crippen molar-refractivity contribution in [3.05, 3.63) is 12.7 Å². The number of rotatable bonds is 7. The molecule has 0 aromatic carbocycles. The van der Waals surface area contributed by atoms with Gasteiger partial charge in [0.2, 0.25) is 0 Å². The summed E-state index contributed by atoms with van der Waals surface area (Å²) in [6.07, 6.45) is 0.0415.